The maximum absolute atomic E-state index is 13.7. The third kappa shape index (κ3) is 8.55. The number of hydrogen-bond donors (Lipinski definition) is 2. The standard InChI is InChI=1S/C44H56N8O4/c1-5-7-33(6-2)52-41-37(28(3)40(29(4)53)43(52)56)27-46-44(49-41)47-38-20-18-35(26-45-38)51-24-22-50(23-25-51)34-16-12-31(13-17-34)9-8-30-10-14-32(15-11-30)36-19-21-39(54)48-42(36)55/h10-11,14-15,18,20,26-27,31,33-34,36H,5-9,12-13,16-17,19,21-25H2,1-4H3,(H,48,54,55)(H,45,46,47,49). The van der Waals surface area contributed by atoms with Crippen molar-refractivity contribution in [2.45, 2.75) is 116 Å². The molecule has 7 rings (SSSR count). The maximum Gasteiger partial charge on any atom is 0.263 e. The van der Waals surface area contributed by atoms with E-state index in [0.717, 1.165) is 69.0 Å². The van der Waals surface area contributed by atoms with Gasteiger partial charge >= 0.3 is 0 Å². The number of fused-ring (bicyclic) bond motifs is 1. The molecule has 5 heterocycles. The molecule has 12 heteroatoms. The van der Waals surface area contributed by atoms with Gasteiger partial charge in [-0.05, 0) is 106 Å². The molecule has 296 valence electrons. The summed E-state index contributed by atoms with van der Waals surface area (Å²) < 4.78 is 1.70. The molecule has 56 heavy (non-hydrogen) atoms. The molecule has 0 radical (unpaired) electrons. The van der Waals surface area contributed by atoms with Crippen molar-refractivity contribution in [3.63, 3.8) is 0 Å². The van der Waals surface area contributed by atoms with E-state index in [2.05, 4.69) is 69.6 Å². The van der Waals surface area contributed by atoms with Crippen LogP contribution in [-0.4, -0.2) is 74.2 Å². The Morgan fingerprint density at radius 2 is 1.68 bits per heavy atom. The monoisotopic (exact) mass is 760 g/mol. The summed E-state index contributed by atoms with van der Waals surface area (Å²) in [6.45, 7) is 11.4. The number of ketones is 1. The van der Waals surface area contributed by atoms with Crippen molar-refractivity contribution in [1.82, 2.24) is 29.7 Å². The summed E-state index contributed by atoms with van der Waals surface area (Å²) in [6.07, 6.45) is 14.4. The minimum Gasteiger partial charge on any atom is -0.368 e. The van der Waals surface area contributed by atoms with Gasteiger partial charge in [-0.25, -0.2) is 9.97 Å². The number of piperazine rings is 1. The maximum atomic E-state index is 13.7. The van der Waals surface area contributed by atoms with Gasteiger partial charge in [-0.1, -0.05) is 44.5 Å². The van der Waals surface area contributed by atoms with E-state index in [4.69, 9.17) is 9.97 Å². The van der Waals surface area contributed by atoms with Crippen LogP contribution in [0.25, 0.3) is 11.0 Å². The average Bonchev–Trinajstić information content (AvgIpc) is 3.20. The zero-order valence-corrected chi connectivity index (χ0v) is 33.4. The topological polar surface area (TPSA) is 142 Å². The molecule has 3 fully saturated rings. The summed E-state index contributed by atoms with van der Waals surface area (Å²) in [5, 5.41) is 6.42. The molecule has 0 bridgehead atoms. The molecule has 0 spiro atoms. The van der Waals surface area contributed by atoms with Crippen molar-refractivity contribution in [2.24, 2.45) is 5.92 Å². The minimum absolute atomic E-state index is 0.0685. The first kappa shape index (κ1) is 39.3. The number of piperidine rings is 1. The van der Waals surface area contributed by atoms with E-state index in [0.29, 0.717) is 47.2 Å². The van der Waals surface area contributed by atoms with Gasteiger partial charge in [-0.15, -0.1) is 0 Å². The van der Waals surface area contributed by atoms with E-state index < -0.39 is 0 Å². The van der Waals surface area contributed by atoms with Crippen molar-refractivity contribution >= 4 is 46.1 Å². The highest BCUT2D eigenvalue weighted by Gasteiger charge is 2.30. The molecule has 3 aliphatic rings. The molecular weight excluding hydrogens is 705 g/mol. The number of anilines is 3. The molecule has 2 N–H and O–H groups in total. The number of carbonyl (C=O) groups is 3. The first-order valence-electron chi connectivity index (χ1n) is 20.7. The number of nitrogens with zero attached hydrogens (tertiary/aromatic N) is 6. The Morgan fingerprint density at radius 1 is 0.929 bits per heavy atom. The summed E-state index contributed by atoms with van der Waals surface area (Å²) in [5.41, 5.74) is 4.49. The lowest BCUT2D eigenvalue weighted by Crippen LogP contribution is -2.51. The number of pyridine rings is 2. The van der Waals surface area contributed by atoms with Crippen LogP contribution in [0.15, 0.2) is 53.6 Å². The van der Waals surface area contributed by atoms with Crippen LogP contribution in [0.1, 0.15) is 124 Å². The molecule has 2 atom stereocenters. The fraction of sp³-hybridized carbons (Fsp3) is 0.523. The summed E-state index contributed by atoms with van der Waals surface area (Å²) in [7, 11) is 0. The van der Waals surface area contributed by atoms with Crippen molar-refractivity contribution in [3.8, 4) is 0 Å². The van der Waals surface area contributed by atoms with Gasteiger partial charge in [0.1, 0.15) is 11.5 Å². The Morgan fingerprint density at radius 3 is 2.32 bits per heavy atom. The predicted molar refractivity (Wildman–Crippen MR) is 220 cm³/mol. The number of amides is 2. The predicted octanol–water partition coefficient (Wildman–Crippen LogP) is 7.03. The van der Waals surface area contributed by atoms with Gasteiger partial charge in [0, 0.05) is 56.3 Å². The Kier molecular flexibility index (Phi) is 12.2. The number of rotatable bonds is 13. The summed E-state index contributed by atoms with van der Waals surface area (Å²) in [5.74, 6) is 0.924. The van der Waals surface area contributed by atoms with E-state index in [1.165, 1.54) is 44.6 Å². The molecule has 1 saturated carbocycles. The molecule has 3 aromatic heterocycles. The van der Waals surface area contributed by atoms with Crippen molar-refractivity contribution in [3.05, 3.63) is 81.4 Å². The van der Waals surface area contributed by atoms with E-state index in [1.807, 2.05) is 12.3 Å². The quantitative estimate of drug-likeness (QED) is 0.108. The smallest absolute Gasteiger partial charge is 0.263 e. The van der Waals surface area contributed by atoms with Crippen molar-refractivity contribution in [1.29, 1.82) is 0 Å². The molecule has 1 aromatic carbocycles. The SMILES string of the molecule is CCCC(CC)n1c(=O)c(C(C)=O)c(C)c2cnc(Nc3ccc(N4CCN(C5CCC(CCc6ccc(C7CCC(=O)NC7=O)cc6)CC5)CC4)cn3)nc21. The Bertz CT molecular complexity index is 2100. The molecule has 1 aliphatic carbocycles. The zero-order chi connectivity index (χ0) is 39.3. The third-order valence-electron chi connectivity index (χ3n) is 12.5. The molecule has 4 aromatic rings. The molecular formula is C44H56N8O4. The second-order valence-electron chi connectivity index (χ2n) is 16.0. The van der Waals surface area contributed by atoms with Gasteiger partial charge in [0.25, 0.3) is 5.56 Å². The number of Topliss-reactive ketones (excluding diaryl/α,β-unsaturated/α-hetero) is 1. The zero-order valence-electron chi connectivity index (χ0n) is 33.4. The van der Waals surface area contributed by atoms with E-state index in [9.17, 15) is 19.2 Å². The van der Waals surface area contributed by atoms with E-state index >= 15 is 0 Å². The van der Waals surface area contributed by atoms with Gasteiger partial charge < -0.3 is 10.2 Å². The van der Waals surface area contributed by atoms with Crippen LogP contribution in [0.3, 0.4) is 0 Å². The van der Waals surface area contributed by atoms with Crippen LogP contribution in [0.5, 0.6) is 0 Å². The summed E-state index contributed by atoms with van der Waals surface area (Å²) in [4.78, 5) is 69.1. The number of nitrogens with one attached hydrogen (secondary N) is 2. The van der Waals surface area contributed by atoms with Gasteiger partial charge in [-0.2, -0.15) is 4.98 Å². The molecule has 12 nitrogen and oxygen atoms in total. The molecule has 2 saturated heterocycles. The minimum atomic E-state index is -0.285. The van der Waals surface area contributed by atoms with Crippen LogP contribution in [-0.2, 0) is 16.0 Å². The highest BCUT2D eigenvalue weighted by Crippen LogP contribution is 2.33. The van der Waals surface area contributed by atoms with Crippen LogP contribution >= 0.6 is 0 Å². The van der Waals surface area contributed by atoms with Crippen molar-refractivity contribution < 1.29 is 14.4 Å². The van der Waals surface area contributed by atoms with Gasteiger partial charge in [0.15, 0.2) is 5.78 Å². The second-order valence-corrected chi connectivity index (χ2v) is 16.0. The Hall–Kier alpha value is -4.97. The van der Waals surface area contributed by atoms with Crippen LogP contribution < -0.4 is 21.1 Å². The van der Waals surface area contributed by atoms with Crippen LogP contribution in [0.2, 0.25) is 0 Å². The van der Waals surface area contributed by atoms with Gasteiger partial charge in [0.05, 0.1) is 23.4 Å². The van der Waals surface area contributed by atoms with E-state index in [-0.39, 0.29) is 40.7 Å². The van der Waals surface area contributed by atoms with Crippen LogP contribution in [0, 0.1) is 12.8 Å². The largest absolute Gasteiger partial charge is 0.368 e. The first-order chi connectivity index (χ1) is 27.1. The van der Waals surface area contributed by atoms with Crippen molar-refractivity contribution in [2.75, 3.05) is 36.4 Å². The highest BCUT2D eigenvalue weighted by atomic mass is 16.2. The lowest BCUT2D eigenvalue weighted by atomic mass is 9.82. The van der Waals surface area contributed by atoms with E-state index in [1.54, 1.807) is 17.7 Å². The number of imide groups is 1. The Balaban J connectivity index is 0.895. The average molecular weight is 761 g/mol. The fourth-order valence-corrected chi connectivity index (χ4v) is 9.20. The first-order valence-corrected chi connectivity index (χ1v) is 20.7. The highest BCUT2D eigenvalue weighted by molar-refractivity contribution is 6.01. The summed E-state index contributed by atoms with van der Waals surface area (Å²) in [6, 6.07) is 13.1. The van der Waals surface area contributed by atoms with Gasteiger partial charge in [0.2, 0.25) is 17.8 Å². The molecule has 2 unspecified atom stereocenters. The Labute approximate surface area is 329 Å². The molecule has 2 aliphatic heterocycles. The normalized spacial score (nSPS) is 21.2. The number of aromatic nitrogens is 4. The fourth-order valence-electron chi connectivity index (χ4n) is 9.20. The lowest BCUT2D eigenvalue weighted by Gasteiger charge is -2.42. The number of benzene rings is 1. The van der Waals surface area contributed by atoms with Gasteiger partial charge in [-0.3, -0.25) is 34.0 Å². The molecule has 2 amide bonds. The third-order valence-corrected chi connectivity index (χ3v) is 12.5. The number of hydrogen-bond acceptors (Lipinski definition) is 10. The lowest BCUT2D eigenvalue weighted by molar-refractivity contribution is -0.134. The number of aryl methyl sites for hydroxylation is 2. The van der Waals surface area contributed by atoms with Crippen LogP contribution in [0.4, 0.5) is 17.5 Å². The number of carbonyl (C=O) groups excluding carboxylic acids is 3. The summed E-state index contributed by atoms with van der Waals surface area (Å²) >= 11 is 0. The second kappa shape index (κ2) is 17.4.